The molecule has 1 amide bonds. The average Bonchev–Trinajstić information content (AvgIpc) is 2.69. The van der Waals surface area contributed by atoms with E-state index >= 15 is 0 Å². The lowest BCUT2D eigenvalue weighted by Crippen LogP contribution is -2.20. The van der Waals surface area contributed by atoms with Crippen molar-refractivity contribution in [3.05, 3.63) is 78.4 Å². The first-order valence-electron chi connectivity index (χ1n) is 9.13. The first kappa shape index (κ1) is 19.3. The Balaban J connectivity index is 1.53. The summed E-state index contributed by atoms with van der Waals surface area (Å²) in [4.78, 5) is 12.2. The van der Waals surface area contributed by atoms with Crippen LogP contribution in [0.3, 0.4) is 0 Å². The third-order valence-corrected chi connectivity index (χ3v) is 3.87. The average molecular weight is 377 g/mol. The van der Waals surface area contributed by atoms with E-state index in [1.165, 1.54) is 0 Å². The topological polar surface area (TPSA) is 56.8 Å². The number of carbonyl (C=O) groups is 1. The fourth-order valence-electron chi connectivity index (χ4n) is 2.61. The first-order valence-corrected chi connectivity index (χ1v) is 9.13. The van der Waals surface area contributed by atoms with Crippen molar-refractivity contribution in [1.29, 1.82) is 0 Å². The Morgan fingerprint density at radius 1 is 0.857 bits per heavy atom. The quantitative estimate of drug-likeness (QED) is 0.586. The fourth-order valence-corrected chi connectivity index (χ4v) is 2.61. The smallest absolute Gasteiger partial charge is 0.262 e. The van der Waals surface area contributed by atoms with Crippen molar-refractivity contribution in [2.75, 3.05) is 18.5 Å². The highest BCUT2D eigenvalue weighted by Gasteiger charge is 2.08. The standard InChI is InChI=1S/C23H23NO4/c1-3-26-21-9-4-5-10-22(21)27-16-23(25)24-18-11-13-19(14-12-18)28-20-8-6-7-17(2)15-20/h4-15H,3,16H2,1-2H3,(H,24,25). The number of benzene rings is 3. The predicted octanol–water partition coefficient (Wildman–Crippen LogP) is 5.20. The number of hydrogen-bond donors (Lipinski definition) is 1. The minimum absolute atomic E-state index is 0.106. The second kappa shape index (κ2) is 9.46. The van der Waals surface area contributed by atoms with Crippen LogP contribution in [-0.4, -0.2) is 19.1 Å². The molecule has 3 rings (SSSR count). The van der Waals surface area contributed by atoms with Crippen LogP contribution in [0.25, 0.3) is 0 Å². The lowest BCUT2D eigenvalue weighted by atomic mass is 10.2. The molecule has 0 atom stereocenters. The van der Waals surface area contributed by atoms with E-state index in [2.05, 4.69) is 5.32 Å². The van der Waals surface area contributed by atoms with Gasteiger partial charge in [0.25, 0.3) is 5.91 Å². The molecule has 1 N–H and O–H groups in total. The van der Waals surface area contributed by atoms with Crippen molar-refractivity contribution in [2.24, 2.45) is 0 Å². The van der Waals surface area contributed by atoms with Gasteiger partial charge in [0.1, 0.15) is 11.5 Å². The van der Waals surface area contributed by atoms with E-state index in [0.717, 1.165) is 11.3 Å². The third-order valence-electron chi connectivity index (χ3n) is 3.87. The zero-order valence-electron chi connectivity index (χ0n) is 16.0. The maximum absolute atomic E-state index is 12.2. The van der Waals surface area contributed by atoms with Gasteiger partial charge in [-0.3, -0.25) is 4.79 Å². The van der Waals surface area contributed by atoms with Crippen molar-refractivity contribution in [2.45, 2.75) is 13.8 Å². The molecule has 0 saturated carbocycles. The van der Waals surface area contributed by atoms with Gasteiger partial charge in [0.2, 0.25) is 0 Å². The molecule has 0 aliphatic carbocycles. The molecule has 3 aromatic carbocycles. The first-order chi connectivity index (χ1) is 13.6. The summed E-state index contributed by atoms with van der Waals surface area (Å²) < 4.78 is 16.9. The summed E-state index contributed by atoms with van der Waals surface area (Å²) in [5.41, 5.74) is 1.80. The molecule has 0 aliphatic heterocycles. The molecule has 0 aromatic heterocycles. The number of rotatable bonds is 8. The van der Waals surface area contributed by atoms with E-state index in [1.54, 1.807) is 18.2 Å². The van der Waals surface area contributed by atoms with Gasteiger partial charge >= 0.3 is 0 Å². The predicted molar refractivity (Wildman–Crippen MR) is 109 cm³/mol. The fraction of sp³-hybridized carbons (Fsp3) is 0.174. The normalized spacial score (nSPS) is 10.2. The maximum Gasteiger partial charge on any atom is 0.262 e. The second-order valence-corrected chi connectivity index (χ2v) is 6.16. The largest absolute Gasteiger partial charge is 0.490 e. The van der Waals surface area contributed by atoms with E-state index in [0.29, 0.717) is 29.5 Å². The number of nitrogens with one attached hydrogen (secondary N) is 1. The molecule has 144 valence electrons. The number of ether oxygens (including phenoxy) is 3. The van der Waals surface area contributed by atoms with Gasteiger partial charge < -0.3 is 19.5 Å². The molecule has 0 aliphatic rings. The van der Waals surface area contributed by atoms with E-state index in [4.69, 9.17) is 14.2 Å². The van der Waals surface area contributed by atoms with Crippen LogP contribution in [0.5, 0.6) is 23.0 Å². The van der Waals surface area contributed by atoms with Crippen LogP contribution in [0.1, 0.15) is 12.5 Å². The molecular weight excluding hydrogens is 354 g/mol. The molecule has 5 heteroatoms. The summed E-state index contributed by atoms with van der Waals surface area (Å²) in [5, 5.41) is 2.80. The molecule has 28 heavy (non-hydrogen) atoms. The molecule has 0 fully saturated rings. The Hall–Kier alpha value is -3.47. The van der Waals surface area contributed by atoms with Crippen molar-refractivity contribution >= 4 is 11.6 Å². The zero-order chi connectivity index (χ0) is 19.8. The van der Waals surface area contributed by atoms with Crippen LogP contribution in [0.15, 0.2) is 72.8 Å². The number of anilines is 1. The van der Waals surface area contributed by atoms with E-state index < -0.39 is 0 Å². The number of aryl methyl sites for hydroxylation is 1. The number of amides is 1. The molecule has 0 spiro atoms. The lowest BCUT2D eigenvalue weighted by molar-refractivity contribution is -0.118. The zero-order valence-corrected chi connectivity index (χ0v) is 16.0. The Bertz CT molecular complexity index is 922. The van der Waals surface area contributed by atoms with E-state index in [9.17, 15) is 4.79 Å². The highest BCUT2D eigenvalue weighted by atomic mass is 16.5. The van der Waals surface area contributed by atoms with Crippen LogP contribution in [0.2, 0.25) is 0 Å². The van der Waals surface area contributed by atoms with Crippen LogP contribution in [-0.2, 0) is 4.79 Å². The monoisotopic (exact) mass is 377 g/mol. The van der Waals surface area contributed by atoms with Crippen LogP contribution < -0.4 is 19.5 Å². The minimum Gasteiger partial charge on any atom is -0.490 e. The van der Waals surface area contributed by atoms with Gasteiger partial charge in [-0.15, -0.1) is 0 Å². The molecule has 0 saturated heterocycles. The maximum atomic E-state index is 12.2. The molecule has 0 bridgehead atoms. The van der Waals surface area contributed by atoms with Crippen LogP contribution in [0, 0.1) is 6.92 Å². The van der Waals surface area contributed by atoms with E-state index in [-0.39, 0.29) is 12.5 Å². The molecular formula is C23H23NO4. The summed E-state index contributed by atoms with van der Waals surface area (Å²) in [6.45, 7) is 4.34. The van der Waals surface area contributed by atoms with Crippen molar-refractivity contribution in [3.63, 3.8) is 0 Å². The van der Waals surface area contributed by atoms with Gasteiger partial charge in [-0.2, -0.15) is 0 Å². The molecule has 5 nitrogen and oxygen atoms in total. The molecule has 0 unspecified atom stereocenters. The summed E-state index contributed by atoms with van der Waals surface area (Å²) in [6.07, 6.45) is 0. The number of hydrogen-bond acceptors (Lipinski definition) is 4. The van der Waals surface area contributed by atoms with Crippen molar-refractivity contribution < 1.29 is 19.0 Å². The SMILES string of the molecule is CCOc1ccccc1OCC(=O)Nc1ccc(Oc2cccc(C)c2)cc1. The van der Waals surface area contributed by atoms with Gasteiger partial charge in [0.05, 0.1) is 6.61 Å². The minimum atomic E-state index is -0.251. The van der Waals surface area contributed by atoms with Gasteiger partial charge in [0, 0.05) is 5.69 Å². The second-order valence-electron chi connectivity index (χ2n) is 6.16. The Kier molecular flexibility index (Phi) is 6.52. The highest BCUT2D eigenvalue weighted by molar-refractivity contribution is 5.91. The summed E-state index contributed by atoms with van der Waals surface area (Å²) in [6, 6.07) is 22.3. The molecule has 0 heterocycles. The lowest BCUT2D eigenvalue weighted by Gasteiger charge is -2.12. The van der Waals surface area contributed by atoms with Crippen molar-refractivity contribution in [3.8, 4) is 23.0 Å². The number of para-hydroxylation sites is 2. The Morgan fingerprint density at radius 2 is 1.57 bits per heavy atom. The summed E-state index contributed by atoms with van der Waals surface area (Å²) in [7, 11) is 0. The highest BCUT2D eigenvalue weighted by Crippen LogP contribution is 2.26. The molecule has 3 aromatic rings. The summed E-state index contributed by atoms with van der Waals surface area (Å²) in [5.74, 6) is 2.39. The molecule has 0 radical (unpaired) electrons. The Labute approximate surface area is 164 Å². The third kappa shape index (κ3) is 5.51. The van der Waals surface area contributed by atoms with Gasteiger partial charge in [-0.25, -0.2) is 0 Å². The van der Waals surface area contributed by atoms with Gasteiger partial charge in [-0.1, -0.05) is 24.3 Å². The van der Waals surface area contributed by atoms with Crippen molar-refractivity contribution in [1.82, 2.24) is 0 Å². The van der Waals surface area contributed by atoms with Crippen LogP contribution in [0.4, 0.5) is 5.69 Å². The Morgan fingerprint density at radius 3 is 2.25 bits per heavy atom. The summed E-state index contributed by atoms with van der Waals surface area (Å²) >= 11 is 0. The van der Waals surface area contributed by atoms with Crippen LogP contribution >= 0.6 is 0 Å². The van der Waals surface area contributed by atoms with Gasteiger partial charge in [-0.05, 0) is 67.9 Å². The van der Waals surface area contributed by atoms with E-state index in [1.807, 2.05) is 68.4 Å². The van der Waals surface area contributed by atoms with Gasteiger partial charge in [0.15, 0.2) is 18.1 Å². The number of carbonyl (C=O) groups excluding carboxylic acids is 1.